The minimum Gasteiger partial charge on any atom is -0.457 e. The maximum Gasteiger partial charge on any atom is 0.418 e. The van der Waals surface area contributed by atoms with E-state index in [0.29, 0.717) is 5.56 Å². The van der Waals surface area contributed by atoms with E-state index in [1.165, 1.54) is 12.1 Å². The summed E-state index contributed by atoms with van der Waals surface area (Å²) in [7, 11) is 0. The number of halogens is 3. The molecule has 3 aromatic carbocycles. The number of fused-ring (bicyclic) bond motifs is 1. The molecule has 8 heteroatoms. The first-order chi connectivity index (χ1) is 14.7. The summed E-state index contributed by atoms with van der Waals surface area (Å²) in [6.07, 6.45) is -5.37. The highest BCUT2D eigenvalue weighted by atomic mass is 19.4. The second-order valence-corrected chi connectivity index (χ2v) is 6.74. The second-order valence-electron chi connectivity index (χ2n) is 6.74. The van der Waals surface area contributed by atoms with E-state index in [-0.39, 0.29) is 18.5 Å². The van der Waals surface area contributed by atoms with Crippen LogP contribution in [0.15, 0.2) is 66.7 Å². The lowest BCUT2D eigenvalue weighted by molar-refractivity contribution is -0.143. The summed E-state index contributed by atoms with van der Waals surface area (Å²) in [4.78, 5) is 36.0. The zero-order valence-electron chi connectivity index (χ0n) is 16.2. The van der Waals surface area contributed by atoms with Crippen LogP contribution in [0.5, 0.6) is 0 Å². The monoisotopic (exact) mass is 429 g/mol. The van der Waals surface area contributed by atoms with Crippen LogP contribution >= 0.6 is 0 Å². The van der Waals surface area contributed by atoms with Crippen LogP contribution in [-0.2, 0) is 20.5 Å². The molecule has 0 saturated carbocycles. The van der Waals surface area contributed by atoms with Crippen molar-refractivity contribution in [3.05, 3.63) is 77.9 Å². The lowest BCUT2D eigenvalue weighted by atomic mass is 10.0. The van der Waals surface area contributed by atoms with Crippen molar-refractivity contribution in [2.24, 2.45) is 0 Å². The lowest BCUT2D eigenvalue weighted by Crippen LogP contribution is -2.19. The van der Waals surface area contributed by atoms with Crippen molar-refractivity contribution >= 4 is 34.1 Å². The number of para-hydroxylation sites is 1. The van der Waals surface area contributed by atoms with Gasteiger partial charge in [-0.05, 0) is 29.0 Å². The number of benzene rings is 3. The molecule has 0 aromatic heterocycles. The van der Waals surface area contributed by atoms with Crippen molar-refractivity contribution in [1.82, 2.24) is 0 Å². The number of amides is 1. The molecule has 0 fully saturated rings. The average Bonchev–Trinajstić information content (AvgIpc) is 2.75. The summed E-state index contributed by atoms with van der Waals surface area (Å²) >= 11 is 0. The molecule has 0 atom stereocenters. The Hall–Kier alpha value is -3.68. The molecule has 160 valence electrons. The van der Waals surface area contributed by atoms with Crippen LogP contribution in [0.25, 0.3) is 10.8 Å². The number of Topliss-reactive ketones (excluding diaryl/α,β-unsaturated/α-hetero) is 1. The normalized spacial score (nSPS) is 11.2. The van der Waals surface area contributed by atoms with Gasteiger partial charge in [-0.15, -0.1) is 0 Å². The number of anilines is 1. The maximum atomic E-state index is 13.0. The van der Waals surface area contributed by atoms with E-state index in [1.807, 2.05) is 24.3 Å². The number of rotatable bonds is 7. The molecule has 1 amide bonds. The van der Waals surface area contributed by atoms with Crippen molar-refractivity contribution in [3.8, 4) is 0 Å². The van der Waals surface area contributed by atoms with Gasteiger partial charge in [-0.25, -0.2) is 0 Å². The van der Waals surface area contributed by atoms with Crippen molar-refractivity contribution in [2.75, 3.05) is 11.9 Å². The molecule has 5 nitrogen and oxygen atoms in total. The molecule has 1 N–H and O–H groups in total. The van der Waals surface area contributed by atoms with Gasteiger partial charge in [0.05, 0.1) is 17.7 Å². The van der Waals surface area contributed by atoms with Crippen LogP contribution in [0.2, 0.25) is 0 Å². The fourth-order valence-corrected chi connectivity index (χ4v) is 2.93. The summed E-state index contributed by atoms with van der Waals surface area (Å²) in [6.45, 7) is -0.490. The van der Waals surface area contributed by atoms with Gasteiger partial charge in [0.15, 0.2) is 12.4 Å². The standard InChI is InChI=1S/C23H18F3NO4/c24-23(25,26)18-7-3-4-8-19(18)27-21(29)11-12-22(30)31-14-20(28)17-10-9-15-5-1-2-6-16(15)13-17/h1-10,13H,11-12,14H2,(H,27,29). The molecule has 3 aromatic rings. The Labute approximate surface area is 175 Å². The van der Waals surface area contributed by atoms with Gasteiger partial charge in [0, 0.05) is 12.0 Å². The predicted molar refractivity (Wildman–Crippen MR) is 109 cm³/mol. The first-order valence-electron chi connectivity index (χ1n) is 9.38. The van der Waals surface area contributed by atoms with Gasteiger partial charge in [-0.2, -0.15) is 13.2 Å². The third-order valence-corrected chi connectivity index (χ3v) is 4.50. The molecule has 0 radical (unpaired) electrons. The second kappa shape index (κ2) is 9.42. The van der Waals surface area contributed by atoms with Gasteiger partial charge in [0.1, 0.15) is 0 Å². The van der Waals surface area contributed by atoms with Gasteiger partial charge in [-0.3, -0.25) is 14.4 Å². The highest BCUT2D eigenvalue weighted by Crippen LogP contribution is 2.34. The van der Waals surface area contributed by atoms with Crippen molar-refractivity contribution in [2.45, 2.75) is 19.0 Å². The molecule has 0 unspecified atom stereocenters. The van der Waals surface area contributed by atoms with Crippen molar-refractivity contribution in [1.29, 1.82) is 0 Å². The molecular weight excluding hydrogens is 411 g/mol. The summed E-state index contributed by atoms with van der Waals surface area (Å²) in [5.41, 5.74) is -0.986. The molecule has 31 heavy (non-hydrogen) atoms. The minimum atomic E-state index is -4.62. The Balaban J connectivity index is 1.49. The van der Waals surface area contributed by atoms with Crippen LogP contribution < -0.4 is 5.32 Å². The highest BCUT2D eigenvalue weighted by molar-refractivity contribution is 6.01. The molecule has 3 rings (SSSR count). The smallest absolute Gasteiger partial charge is 0.418 e. The highest BCUT2D eigenvalue weighted by Gasteiger charge is 2.33. The van der Waals surface area contributed by atoms with Crippen LogP contribution in [0.3, 0.4) is 0 Å². The average molecular weight is 429 g/mol. The third kappa shape index (κ3) is 5.91. The maximum absolute atomic E-state index is 13.0. The van der Waals surface area contributed by atoms with E-state index in [1.54, 1.807) is 18.2 Å². The largest absolute Gasteiger partial charge is 0.457 e. The Kier molecular flexibility index (Phi) is 6.69. The van der Waals surface area contributed by atoms with Crippen molar-refractivity contribution < 1.29 is 32.3 Å². The fraction of sp³-hybridized carbons (Fsp3) is 0.174. The SMILES string of the molecule is O=C(CCC(=O)OCC(=O)c1ccc2ccccc2c1)Nc1ccccc1C(F)(F)F. The Morgan fingerprint density at radius 2 is 1.52 bits per heavy atom. The number of esters is 1. The number of ketones is 1. The van der Waals surface area contributed by atoms with E-state index in [0.717, 1.165) is 22.9 Å². The zero-order valence-corrected chi connectivity index (χ0v) is 16.2. The number of carbonyl (C=O) groups excluding carboxylic acids is 3. The van der Waals surface area contributed by atoms with Gasteiger partial charge in [-0.1, -0.05) is 48.5 Å². The van der Waals surface area contributed by atoms with Gasteiger partial charge in [0.2, 0.25) is 5.91 Å². The van der Waals surface area contributed by atoms with E-state index in [4.69, 9.17) is 4.74 Å². The van der Waals surface area contributed by atoms with E-state index >= 15 is 0 Å². The van der Waals surface area contributed by atoms with Crippen LogP contribution in [0.4, 0.5) is 18.9 Å². The third-order valence-electron chi connectivity index (χ3n) is 4.50. The van der Waals surface area contributed by atoms with Crippen molar-refractivity contribution in [3.63, 3.8) is 0 Å². The molecule has 0 heterocycles. The molecule has 0 bridgehead atoms. The summed E-state index contributed by atoms with van der Waals surface area (Å²) in [5, 5.41) is 3.98. The topological polar surface area (TPSA) is 72.5 Å². The van der Waals surface area contributed by atoms with Gasteiger partial charge < -0.3 is 10.1 Å². The Morgan fingerprint density at radius 3 is 2.26 bits per heavy atom. The van der Waals surface area contributed by atoms with E-state index in [9.17, 15) is 27.6 Å². The first-order valence-corrected chi connectivity index (χ1v) is 9.38. The molecule has 0 saturated heterocycles. The number of nitrogens with one attached hydrogen (secondary N) is 1. The van der Waals surface area contributed by atoms with E-state index in [2.05, 4.69) is 5.32 Å². The van der Waals surface area contributed by atoms with Crippen LogP contribution in [-0.4, -0.2) is 24.3 Å². The minimum absolute atomic E-state index is 0.370. The molecule has 0 aliphatic heterocycles. The van der Waals surface area contributed by atoms with Crippen LogP contribution in [0, 0.1) is 0 Å². The summed E-state index contributed by atoms with van der Waals surface area (Å²) in [5.74, 6) is -1.97. The van der Waals surface area contributed by atoms with E-state index < -0.39 is 36.0 Å². The summed E-state index contributed by atoms with van der Waals surface area (Å²) < 4.78 is 43.8. The number of hydrogen-bond donors (Lipinski definition) is 1. The Morgan fingerprint density at radius 1 is 0.839 bits per heavy atom. The molecule has 0 aliphatic carbocycles. The molecule has 0 spiro atoms. The van der Waals surface area contributed by atoms with Gasteiger partial charge in [0.25, 0.3) is 0 Å². The summed E-state index contributed by atoms with van der Waals surface area (Å²) in [6, 6.07) is 17.1. The molecule has 0 aliphatic rings. The van der Waals surface area contributed by atoms with Crippen LogP contribution in [0.1, 0.15) is 28.8 Å². The fourth-order valence-electron chi connectivity index (χ4n) is 2.93. The number of alkyl halides is 3. The number of carbonyl (C=O) groups is 3. The Bertz CT molecular complexity index is 1130. The lowest BCUT2D eigenvalue weighted by Gasteiger charge is -2.13. The number of hydrogen-bond acceptors (Lipinski definition) is 4. The number of ether oxygens (including phenoxy) is 1. The quantitative estimate of drug-likeness (QED) is 0.424. The first kappa shape index (κ1) is 22.0. The zero-order chi connectivity index (χ0) is 22.4. The molecular formula is C23H18F3NO4. The van der Waals surface area contributed by atoms with Gasteiger partial charge >= 0.3 is 12.1 Å². The predicted octanol–water partition coefficient (Wildman–Crippen LogP) is 5.00.